The van der Waals surface area contributed by atoms with Crippen LogP contribution in [-0.2, 0) is 0 Å². The van der Waals surface area contributed by atoms with Crippen molar-refractivity contribution in [1.29, 1.82) is 5.26 Å². The SMILES string of the molecule is N#CC(=CN)c1nccs1. The van der Waals surface area contributed by atoms with Crippen LogP contribution < -0.4 is 5.73 Å². The van der Waals surface area contributed by atoms with Gasteiger partial charge in [0, 0.05) is 17.8 Å². The highest BCUT2D eigenvalue weighted by atomic mass is 32.1. The number of nitrogens with zero attached hydrogens (tertiary/aromatic N) is 2. The maximum atomic E-state index is 8.47. The Morgan fingerprint density at radius 3 is 3.10 bits per heavy atom. The number of thiazole rings is 1. The third-order valence-electron chi connectivity index (χ3n) is 0.950. The van der Waals surface area contributed by atoms with Gasteiger partial charge in [-0.1, -0.05) is 0 Å². The number of allylic oxidation sites excluding steroid dienone is 1. The Bertz CT molecular complexity index is 268. The quantitative estimate of drug-likeness (QED) is 0.608. The summed E-state index contributed by atoms with van der Waals surface area (Å²) in [4.78, 5) is 3.91. The predicted molar refractivity (Wildman–Crippen MR) is 39.9 cm³/mol. The lowest BCUT2D eigenvalue weighted by atomic mass is 10.3. The van der Waals surface area contributed by atoms with Gasteiger partial charge in [0.25, 0.3) is 0 Å². The van der Waals surface area contributed by atoms with Crippen molar-refractivity contribution in [2.75, 3.05) is 0 Å². The van der Waals surface area contributed by atoms with Gasteiger partial charge in [0.1, 0.15) is 16.6 Å². The van der Waals surface area contributed by atoms with Crippen LogP contribution in [0, 0.1) is 11.3 Å². The van der Waals surface area contributed by atoms with Crippen molar-refractivity contribution in [2.45, 2.75) is 0 Å². The van der Waals surface area contributed by atoms with Gasteiger partial charge in [0.05, 0.1) is 0 Å². The first-order valence-corrected chi connectivity index (χ1v) is 3.48. The van der Waals surface area contributed by atoms with Gasteiger partial charge in [-0.3, -0.25) is 0 Å². The van der Waals surface area contributed by atoms with Gasteiger partial charge in [-0.15, -0.1) is 11.3 Å². The maximum absolute atomic E-state index is 8.47. The Morgan fingerprint density at radius 2 is 2.70 bits per heavy atom. The molecule has 0 bridgehead atoms. The lowest BCUT2D eigenvalue weighted by molar-refractivity contribution is 1.37. The van der Waals surface area contributed by atoms with Crippen molar-refractivity contribution >= 4 is 16.9 Å². The standard InChI is InChI=1S/C6H5N3S/c7-3-5(4-8)6-9-1-2-10-6/h1-3H,7H2. The topological polar surface area (TPSA) is 62.7 Å². The average Bonchev–Trinajstić information content (AvgIpc) is 2.43. The van der Waals surface area contributed by atoms with Crippen LogP contribution in [0.5, 0.6) is 0 Å². The van der Waals surface area contributed by atoms with E-state index < -0.39 is 0 Å². The molecule has 1 aromatic rings. The van der Waals surface area contributed by atoms with E-state index in [1.54, 1.807) is 11.6 Å². The summed E-state index contributed by atoms with van der Waals surface area (Å²) >= 11 is 1.40. The number of nitrogens with two attached hydrogens (primary N) is 1. The van der Waals surface area contributed by atoms with Crippen LogP contribution in [-0.4, -0.2) is 4.98 Å². The molecular formula is C6H5N3S. The Balaban J connectivity index is 2.99. The fraction of sp³-hybridized carbons (Fsp3) is 0. The van der Waals surface area contributed by atoms with Crippen molar-refractivity contribution < 1.29 is 0 Å². The summed E-state index contributed by atoms with van der Waals surface area (Å²) in [6, 6.07) is 1.94. The molecule has 1 rings (SSSR count). The van der Waals surface area contributed by atoms with Gasteiger partial charge in [0.2, 0.25) is 0 Å². The van der Waals surface area contributed by atoms with Crippen LogP contribution in [0.3, 0.4) is 0 Å². The number of nitriles is 1. The van der Waals surface area contributed by atoms with Crippen molar-refractivity contribution in [2.24, 2.45) is 5.73 Å². The lowest BCUT2D eigenvalue weighted by Crippen LogP contribution is -1.84. The highest BCUT2D eigenvalue weighted by Gasteiger charge is 1.99. The van der Waals surface area contributed by atoms with Crippen molar-refractivity contribution in [3.63, 3.8) is 0 Å². The molecule has 0 radical (unpaired) electrons. The van der Waals surface area contributed by atoms with Gasteiger partial charge in [0.15, 0.2) is 0 Å². The number of aromatic nitrogens is 1. The summed E-state index contributed by atoms with van der Waals surface area (Å²) in [7, 11) is 0. The summed E-state index contributed by atoms with van der Waals surface area (Å²) in [6.07, 6.45) is 2.90. The van der Waals surface area contributed by atoms with Crippen LogP contribution in [0.4, 0.5) is 0 Å². The molecule has 0 aromatic carbocycles. The molecule has 2 N–H and O–H groups in total. The van der Waals surface area contributed by atoms with Gasteiger partial charge in [-0.05, 0) is 0 Å². The molecule has 0 aliphatic rings. The first-order chi connectivity index (χ1) is 4.88. The Kier molecular flexibility index (Phi) is 2.03. The predicted octanol–water partition coefficient (Wildman–Crippen LogP) is 0.966. The molecule has 4 heteroatoms. The van der Waals surface area contributed by atoms with Crippen LogP contribution in [0.15, 0.2) is 17.8 Å². The Morgan fingerprint density at radius 1 is 1.90 bits per heavy atom. The fourth-order valence-electron chi connectivity index (χ4n) is 0.513. The molecule has 0 aliphatic carbocycles. The minimum atomic E-state index is 0.426. The monoisotopic (exact) mass is 151 g/mol. The van der Waals surface area contributed by atoms with Gasteiger partial charge >= 0.3 is 0 Å². The molecule has 0 aliphatic heterocycles. The van der Waals surface area contributed by atoms with Gasteiger partial charge in [-0.2, -0.15) is 5.26 Å². The summed E-state index contributed by atoms with van der Waals surface area (Å²) in [5, 5.41) is 10.9. The van der Waals surface area contributed by atoms with Gasteiger partial charge in [-0.25, -0.2) is 4.98 Å². The molecule has 0 spiro atoms. The van der Waals surface area contributed by atoms with E-state index in [9.17, 15) is 0 Å². The molecule has 3 nitrogen and oxygen atoms in total. The van der Waals surface area contributed by atoms with E-state index in [1.807, 2.05) is 6.07 Å². The van der Waals surface area contributed by atoms with E-state index in [0.29, 0.717) is 10.6 Å². The first-order valence-electron chi connectivity index (χ1n) is 2.60. The minimum Gasteiger partial charge on any atom is -0.403 e. The van der Waals surface area contributed by atoms with E-state index in [4.69, 9.17) is 11.0 Å². The third-order valence-corrected chi connectivity index (χ3v) is 1.76. The van der Waals surface area contributed by atoms with Crippen LogP contribution >= 0.6 is 11.3 Å². The molecule has 10 heavy (non-hydrogen) atoms. The third kappa shape index (κ3) is 1.14. The lowest BCUT2D eigenvalue weighted by Gasteiger charge is -1.85. The van der Waals surface area contributed by atoms with Gasteiger partial charge < -0.3 is 5.73 Å². The molecular weight excluding hydrogens is 146 g/mol. The van der Waals surface area contributed by atoms with Crippen molar-refractivity contribution in [3.05, 3.63) is 22.8 Å². The van der Waals surface area contributed by atoms with E-state index >= 15 is 0 Å². The normalized spacial score (nSPS) is 10.9. The fourth-order valence-corrected chi connectivity index (χ4v) is 1.13. The maximum Gasteiger partial charge on any atom is 0.135 e. The number of hydrogen-bond donors (Lipinski definition) is 1. The molecule has 1 heterocycles. The molecule has 0 unspecified atom stereocenters. The number of hydrogen-bond acceptors (Lipinski definition) is 4. The van der Waals surface area contributed by atoms with Crippen LogP contribution in [0.25, 0.3) is 5.57 Å². The zero-order valence-corrected chi connectivity index (χ0v) is 5.93. The van der Waals surface area contributed by atoms with Crippen LogP contribution in [0.2, 0.25) is 0 Å². The van der Waals surface area contributed by atoms with E-state index in [1.165, 1.54) is 17.5 Å². The molecule has 0 saturated heterocycles. The summed E-state index contributed by atoms with van der Waals surface area (Å²) in [6.45, 7) is 0. The average molecular weight is 151 g/mol. The Labute approximate surface area is 62.4 Å². The largest absolute Gasteiger partial charge is 0.403 e. The van der Waals surface area contributed by atoms with E-state index in [2.05, 4.69) is 4.98 Å². The Hall–Kier alpha value is -1.34. The highest BCUT2D eigenvalue weighted by molar-refractivity contribution is 7.10. The second-order valence-electron chi connectivity index (χ2n) is 1.53. The van der Waals surface area contributed by atoms with Crippen molar-refractivity contribution in [3.8, 4) is 6.07 Å². The molecule has 0 atom stereocenters. The molecule has 0 amide bonds. The van der Waals surface area contributed by atoms with E-state index in [-0.39, 0.29) is 0 Å². The second kappa shape index (κ2) is 2.99. The summed E-state index contributed by atoms with van der Waals surface area (Å²) in [5.41, 5.74) is 5.58. The van der Waals surface area contributed by atoms with Crippen LogP contribution in [0.1, 0.15) is 5.01 Å². The second-order valence-corrected chi connectivity index (χ2v) is 2.42. The molecule has 50 valence electrons. The number of rotatable bonds is 1. The zero-order valence-electron chi connectivity index (χ0n) is 5.11. The van der Waals surface area contributed by atoms with E-state index in [0.717, 1.165) is 0 Å². The minimum absolute atomic E-state index is 0.426. The zero-order chi connectivity index (χ0) is 7.40. The summed E-state index contributed by atoms with van der Waals surface area (Å²) < 4.78 is 0. The van der Waals surface area contributed by atoms with Crippen molar-refractivity contribution in [1.82, 2.24) is 4.98 Å². The molecule has 0 saturated carbocycles. The molecule has 0 fully saturated rings. The first kappa shape index (κ1) is 6.78. The molecule has 1 aromatic heterocycles. The smallest absolute Gasteiger partial charge is 0.135 e. The highest BCUT2D eigenvalue weighted by Crippen LogP contribution is 2.13. The summed E-state index contributed by atoms with van der Waals surface area (Å²) in [5.74, 6) is 0.